The third-order valence-corrected chi connectivity index (χ3v) is 2.95. The van der Waals surface area contributed by atoms with Crippen LogP contribution in [-0.2, 0) is 16.0 Å². The van der Waals surface area contributed by atoms with E-state index in [4.69, 9.17) is 14.2 Å². The van der Waals surface area contributed by atoms with E-state index in [1.807, 2.05) is 0 Å². The Bertz CT molecular complexity index is 610. The van der Waals surface area contributed by atoms with Crippen LogP contribution >= 0.6 is 0 Å². The number of para-hydroxylation sites is 1. The van der Waals surface area contributed by atoms with Gasteiger partial charge < -0.3 is 14.2 Å². The molecule has 116 valence electrons. The molecule has 0 bridgehead atoms. The average molecular weight is 304 g/mol. The van der Waals surface area contributed by atoms with Crippen LogP contribution in [0.1, 0.15) is 5.56 Å². The highest BCUT2D eigenvalue weighted by Crippen LogP contribution is 2.15. The van der Waals surface area contributed by atoms with Gasteiger partial charge in [-0.1, -0.05) is 24.3 Å². The van der Waals surface area contributed by atoms with Crippen LogP contribution in [0.3, 0.4) is 0 Å². The lowest BCUT2D eigenvalue weighted by atomic mass is 10.1. The smallest absolute Gasteiger partial charge is 0.310 e. The largest absolute Gasteiger partial charge is 0.497 e. The summed E-state index contributed by atoms with van der Waals surface area (Å²) in [6.45, 7) is 0.179. The summed E-state index contributed by atoms with van der Waals surface area (Å²) in [6.07, 6.45) is 0.170. The molecule has 22 heavy (non-hydrogen) atoms. The summed E-state index contributed by atoms with van der Waals surface area (Å²) in [6, 6.07) is 13.3. The molecule has 2 rings (SSSR count). The molecule has 0 atom stereocenters. The van der Waals surface area contributed by atoms with Gasteiger partial charge in [-0.25, -0.2) is 4.39 Å². The minimum atomic E-state index is -0.438. The van der Waals surface area contributed by atoms with E-state index < -0.39 is 5.82 Å². The predicted octanol–water partition coefficient (Wildman–Crippen LogP) is 3.00. The fraction of sp³-hybridized carbons (Fsp3) is 0.235. The molecule has 0 fully saturated rings. The Morgan fingerprint density at radius 1 is 1.05 bits per heavy atom. The van der Waals surface area contributed by atoms with Crippen molar-refractivity contribution in [1.29, 1.82) is 0 Å². The Kier molecular flexibility index (Phi) is 5.77. The first-order valence-electron chi connectivity index (χ1n) is 6.85. The zero-order valence-corrected chi connectivity index (χ0v) is 12.3. The molecule has 5 heteroatoms. The van der Waals surface area contributed by atoms with Gasteiger partial charge in [-0.2, -0.15) is 0 Å². The maximum Gasteiger partial charge on any atom is 0.310 e. The lowest BCUT2D eigenvalue weighted by Gasteiger charge is -2.08. The Hall–Kier alpha value is -2.56. The molecule has 0 aromatic heterocycles. The van der Waals surface area contributed by atoms with Gasteiger partial charge in [0, 0.05) is 0 Å². The van der Waals surface area contributed by atoms with Crippen LogP contribution < -0.4 is 9.47 Å². The zero-order chi connectivity index (χ0) is 15.8. The van der Waals surface area contributed by atoms with Crippen molar-refractivity contribution in [1.82, 2.24) is 0 Å². The zero-order valence-electron chi connectivity index (χ0n) is 12.3. The van der Waals surface area contributed by atoms with Gasteiger partial charge in [0.25, 0.3) is 0 Å². The highest BCUT2D eigenvalue weighted by atomic mass is 19.1. The predicted molar refractivity (Wildman–Crippen MR) is 79.6 cm³/mol. The lowest BCUT2D eigenvalue weighted by Crippen LogP contribution is -2.14. The molecule has 2 aromatic rings. The van der Waals surface area contributed by atoms with Crippen LogP contribution in [0.25, 0.3) is 0 Å². The second kappa shape index (κ2) is 8.02. The molecule has 0 saturated heterocycles. The topological polar surface area (TPSA) is 44.8 Å². The van der Waals surface area contributed by atoms with E-state index in [1.165, 1.54) is 12.1 Å². The van der Waals surface area contributed by atoms with Crippen molar-refractivity contribution in [2.45, 2.75) is 6.42 Å². The van der Waals surface area contributed by atoms with Crippen LogP contribution in [0.2, 0.25) is 0 Å². The molecule has 2 aromatic carbocycles. The minimum absolute atomic E-state index is 0.0727. The first-order valence-corrected chi connectivity index (χ1v) is 6.85. The number of esters is 1. The van der Waals surface area contributed by atoms with E-state index in [2.05, 4.69) is 0 Å². The van der Waals surface area contributed by atoms with Crippen molar-refractivity contribution in [3.63, 3.8) is 0 Å². The number of halogens is 1. The normalized spacial score (nSPS) is 10.1. The summed E-state index contributed by atoms with van der Waals surface area (Å²) >= 11 is 0. The Balaban J connectivity index is 1.70. The van der Waals surface area contributed by atoms with E-state index in [0.29, 0.717) is 0 Å². The first-order chi connectivity index (χ1) is 10.7. The maximum atomic E-state index is 13.3. The number of benzene rings is 2. The van der Waals surface area contributed by atoms with Crippen molar-refractivity contribution in [3.05, 3.63) is 59.9 Å². The molecule has 0 radical (unpaired) electrons. The third-order valence-electron chi connectivity index (χ3n) is 2.95. The van der Waals surface area contributed by atoms with E-state index in [1.54, 1.807) is 43.5 Å². The van der Waals surface area contributed by atoms with Gasteiger partial charge in [-0.15, -0.1) is 0 Å². The summed E-state index contributed by atoms with van der Waals surface area (Å²) in [5.41, 5.74) is 0.834. The van der Waals surface area contributed by atoms with Crippen molar-refractivity contribution in [3.8, 4) is 11.5 Å². The molecule has 0 N–H and O–H groups in total. The number of ether oxygens (including phenoxy) is 3. The Morgan fingerprint density at radius 3 is 2.45 bits per heavy atom. The minimum Gasteiger partial charge on any atom is -0.497 e. The number of hydrogen-bond acceptors (Lipinski definition) is 4. The van der Waals surface area contributed by atoms with Gasteiger partial charge in [-0.05, 0) is 29.8 Å². The molecule has 0 heterocycles. The van der Waals surface area contributed by atoms with Crippen molar-refractivity contribution in [2.75, 3.05) is 20.3 Å². The van der Waals surface area contributed by atoms with Gasteiger partial charge >= 0.3 is 5.97 Å². The van der Waals surface area contributed by atoms with Gasteiger partial charge in [0.2, 0.25) is 0 Å². The first kappa shape index (κ1) is 15.8. The SMILES string of the molecule is COc1ccc(CC(=O)OCCOc2ccccc2F)cc1. The van der Waals surface area contributed by atoms with E-state index in [-0.39, 0.29) is 31.4 Å². The molecule has 0 spiro atoms. The quantitative estimate of drug-likeness (QED) is 0.583. The van der Waals surface area contributed by atoms with Crippen LogP contribution in [0, 0.1) is 5.82 Å². The van der Waals surface area contributed by atoms with Crippen LogP contribution in [0.5, 0.6) is 11.5 Å². The molecule has 0 aliphatic carbocycles. The summed E-state index contributed by atoms with van der Waals surface area (Å²) < 4.78 is 28.6. The second-order valence-corrected chi connectivity index (χ2v) is 4.52. The summed E-state index contributed by atoms with van der Waals surface area (Å²) in [4.78, 5) is 11.7. The maximum absolute atomic E-state index is 13.3. The number of hydrogen-bond donors (Lipinski definition) is 0. The Morgan fingerprint density at radius 2 is 1.77 bits per heavy atom. The van der Waals surface area contributed by atoms with E-state index >= 15 is 0 Å². The van der Waals surface area contributed by atoms with Gasteiger partial charge in [0.15, 0.2) is 11.6 Å². The van der Waals surface area contributed by atoms with E-state index in [9.17, 15) is 9.18 Å². The van der Waals surface area contributed by atoms with Crippen LogP contribution in [-0.4, -0.2) is 26.3 Å². The highest BCUT2D eigenvalue weighted by Gasteiger charge is 2.06. The Labute approximate surface area is 128 Å². The molecular formula is C17H17FO4. The fourth-order valence-corrected chi connectivity index (χ4v) is 1.83. The molecule has 0 aliphatic heterocycles. The van der Waals surface area contributed by atoms with Gasteiger partial charge in [0.05, 0.1) is 13.5 Å². The van der Waals surface area contributed by atoms with Crippen LogP contribution in [0.15, 0.2) is 48.5 Å². The van der Waals surface area contributed by atoms with E-state index in [0.717, 1.165) is 11.3 Å². The highest BCUT2D eigenvalue weighted by molar-refractivity contribution is 5.72. The number of rotatable bonds is 7. The average Bonchev–Trinajstić information content (AvgIpc) is 2.54. The fourth-order valence-electron chi connectivity index (χ4n) is 1.83. The number of carbonyl (C=O) groups is 1. The van der Waals surface area contributed by atoms with Crippen molar-refractivity contribution < 1.29 is 23.4 Å². The van der Waals surface area contributed by atoms with Crippen molar-refractivity contribution >= 4 is 5.97 Å². The van der Waals surface area contributed by atoms with Crippen LogP contribution in [0.4, 0.5) is 4.39 Å². The molecule has 0 saturated carbocycles. The third kappa shape index (κ3) is 4.77. The van der Waals surface area contributed by atoms with Crippen molar-refractivity contribution in [2.24, 2.45) is 0 Å². The molecule has 0 amide bonds. The molecule has 4 nitrogen and oxygen atoms in total. The molecule has 0 unspecified atom stereocenters. The molecular weight excluding hydrogens is 287 g/mol. The summed E-state index contributed by atoms with van der Waals surface area (Å²) in [7, 11) is 1.58. The number of carbonyl (C=O) groups excluding carboxylic acids is 1. The second-order valence-electron chi connectivity index (χ2n) is 4.52. The van der Waals surface area contributed by atoms with Gasteiger partial charge in [-0.3, -0.25) is 4.79 Å². The number of methoxy groups -OCH3 is 1. The lowest BCUT2D eigenvalue weighted by molar-refractivity contribution is -0.143. The monoisotopic (exact) mass is 304 g/mol. The standard InChI is InChI=1S/C17H17FO4/c1-20-14-8-6-13(7-9-14)12-17(19)22-11-10-21-16-5-3-2-4-15(16)18/h2-9H,10-12H2,1H3. The molecule has 0 aliphatic rings. The van der Waals surface area contributed by atoms with Gasteiger partial charge in [0.1, 0.15) is 19.0 Å². The summed E-state index contributed by atoms with van der Waals surface area (Å²) in [5.74, 6) is 0.0819. The summed E-state index contributed by atoms with van der Waals surface area (Å²) in [5, 5.41) is 0.